The quantitative estimate of drug-likeness (QED) is 0.677. The van der Waals surface area contributed by atoms with E-state index in [1.165, 1.54) is 4.31 Å². The summed E-state index contributed by atoms with van der Waals surface area (Å²) in [6.07, 6.45) is 0.612. The van der Waals surface area contributed by atoms with Gasteiger partial charge in [0.2, 0.25) is 10.0 Å². The lowest BCUT2D eigenvalue weighted by molar-refractivity contribution is -0.143. The molecule has 25 heavy (non-hydrogen) atoms. The Hall–Kier alpha value is -2.18. The first-order chi connectivity index (χ1) is 12.0. The van der Waals surface area contributed by atoms with E-state index in [-0.39, 0.29) is 24.6 Å². The molecule has 0 fully saturated rings. The van der Waals surface area contributed by atoms with Gasteiger partial charge in [0.15, 0.2) is 0 Å². The molecule has 0 atom stereocenters. The number of benzene rings is 2. The van der Waals surface area contributed by atoms with Crippen molar-refractivity contribution in [3.8, 4) is 11.1 Å². The smallest absolute Gasteiger partial charge is 0.321 e. The number of carbonyl (C=O) groups is 1. The lowest BCUT2D eigenvalue weighted by Crippen LogP contribution is -2.37. The molecule has 0 aliphatic heterocycles. The molecule has 0 radical (unpaired) electrons. The Kier molecular flexibility index (Phi) is 6.73. The molecule has 0 aromatic heterocycles. The molecule has 0 saturated carbocycles. The van der Waals surface area contributed by atoms with Crippen molar-refractivity contribution in [1.82, 2.24) is 4.31 Å². The van der Waals surface area contributed by atoms with E-state index in [9.17, 15) is 13.2 Å². The van der Waals surface area contributed by atoms with E-state index in [4.69, 9.17) is 4.74 Å². The third kappa shape index (κ3) is 4.90. The lowest BCUT2D eigenvalue weighted by atomic mass is 10.1. The lowest BCUT2D eigenvalue weighted by Gasteiger charge is -2.20. The summed E-state index contributed by atoms with van der Waals surface area (Å²) in [5.41, 5.74) is 1.95. The molecule has 0 saturated heterocycles. The van der Waals surface area contributed by atoms with Gasteiger partial charge in [-0.2, -0.15) is 4.31 Å². The number of carbonyl (C=O) groups excluding carboxylic acids is 1. The Morgan fingerprint density at radius 3 is 2.12 bits per heavy atom. The number of rotatable bonds is 8. The van der Waals surface area contributed by atoms with Gasteiger partial charge in [0, 0.05) is 6.54 Å². The number of esters is 1. The average Bonchev–Trinajstić information content (AvgIpc) is 2.62. The fraction of sp³-hybridized carbons (Fsp3) is 0.316. The SMILES string of the molecule is CCCN(CC(=O)OCC)S(=O)(=O)c1ccc(-c2ccccc2)cc1. The second-order valence-electron chi connectivity index (χ2n) is 5.53. The zero-order valence-corrected chi connectivity index (χ0v) is 15.3. The van der Waals surface area contributed by atoms with Crippen molar-refractivity contribution in [2.45, 2.75) is 25.2 Å². The average molecular weight is 361 g/mol. The maximum atomic E-state index is 12.8. The van der Waals surface area contributed by atoms with Crippen LogP contribution in [0.25, 0.3) is 11.1 Å². The molecule has 6 heteroatoms. The molecule has 0 aliphatic rings. The highest BCUT2D eigenvalue weighted by Gasteiger charge is 2.26. The van der Waals surface area contributed by atoms with Crippen LogP contribution in [-0.4, -0.2) is 38.4 Å². The van der Waals surface area contributed by atoms with Crippen molar-refractivity contribution >= 4 is 16.0 Å². The molecule has 0 aliphatic carbocycles. The van der Waals surface area contributed by atoms with Crippen LogP contribution in [0.15, 0.2) is 59.5 Å². The van der Waals surface area contributed by atoms with Crippen molar-refractivity contribution in [2.75, 3.05) is 19.7 Å². The number of hydrogen-bond acceptors (Lipinski definition) is 4. The van der Waals surface area contributed by atoms with Crippen LogP contribution in [0.3, 0.4) is 0 Å². The van der Waals surface area contributed by atoms with Crippen LogP contribution in [0.5, 0.6) is 0 Å². The van der Waals surface area contributed by atoms with Gasteiger partial charge in [-0.3, -0.25) is 4.79 Å². The van der Waals surface area contributed by atoms with Crippen LogP contribution in [0, 0.1) is 0 Å². The third-order valence-corrected chi connectivity index (χ3v) is 5.54. The van der Waals surface area contributed by atoms with E-state index in [2.05, 4.69) is 0 Å². The number of sulfonamides is 1. The Bertz CT molecular complexity index is 786. The first-order valence-corrected chi connectivity index (χ1v) is 9.74. The van der Waals surface area contributed by atoms with E-state index in [0.717, 1.165) is 11.1 Å². The largest absolute Gasteiger partial charge is 0.465 e. The zero-order chi connectivity index (χ0) is 18.3. The molecule has 0 bridgehead atoms. The van der Waals surface area contributed by atoms with E-state index in [1.807, 2.05) is 37.3 Å². The predicted octanol–water partition coefficient (Wildman–Crippen LogP) is 3.32. The van der Waals surface area contributed by atoms with E-state index in [0.29, 0.717) is 6.42 Å². The monoisotopic (exact) mass is 361 g/mol. The molecule has 2 rings (SSSR count). The molecule has 5 nitrogen and oxygen atoms in total. The minimum Gasteiger partial charge on any atom is -0.465 e. The molecule has 0 heterocycles. The minimum absolute atomic E-state index is 0.171. The number of ether oxygens (including phenoxy) is 1. The van der Waals surface area contributed by atoms with Gasteiger partial charge in [-0.25, -0.2) is 8.42 Å². The standard InChI is InChI=1S/C19H23NO4S/c1-3-14-20(15-19(21)24-4-2)25(22,23)18-12-10-17(11-13-18)16-8-6-5-7-9-16/h5-13H,3-4,14-15H2,1-2H3. The van der Waals surface area contributed by atoms with E-state index >= 15 is 0 Å². The van der Waals surface area contributed by atoms with Gasteiger partial charge in [-0.15, -0.1) is 0 Å². The molecule has 134 valence electrons. The summed E-state index contributed by atoms with van der Waals surface area (Å²) in [4.78, 5) is 11.9. The van der Waals surface area contributed by atoms with Crippen molar-refractivity contribution in [3.05, 3.63) is 54.6 Å². The molecule has 2 aromatic rings. The molecule has 0 unspecified atom stereocenters. The summed E-state index contributed by atoms with van der Waals surface area (Å²) in [6, 6.07) is 16.4. The fourth-order valence-electron chi connectivity index (χ4n) is 2.48. The fourth-order valence-corrected chi connectivity index (χ4v) is 3.96. The van der Waals surface area contributed by atoms with Crippen LogP contribution in [-0.2, 0) is 19.6 Å². The molecule has 0 N–H and O–H groups in total. The zero-order valence-electron chi connectivity index (χ0n) is 14.5. The Labute approximate surface area is 149 Å². The van der Waals surface area contributed by atoms with Crippen LogP contribution in [0.2, 0.25) is 0 Å². The predicted molar refractivity (Wildman–Crippen MR) is 97.6 cm³/mol. The van der Waals surface area contributed by atoms with Gasteiger partial charge >= 0.3 is 5.97 Å². The van der Waals surface area contributed by atoms with E-state index < -0.39 is 16.0 Å². The molecule has 0 spiro atoms. The normalized spacial score (nSPS) is 11.5. The summed E-state index contributed by atoms with van der Waals surface area (Å²) in [6.45, 7) is 3.78. The van der Waals surface area contributed by atoms with Gasteiger partial charge in [0.1, 0.15) is 6.54 Å². The number of nitrogens with zero attached hydrogens (tertiary/aromatic N) is 1. The Morgan fingerprint density at radius 2 is 1.56 bits per heavy atom. The van der Waals surface area contributed by atoms with Crippen molar-refractivity contribution in [1.29, 1.82) is 0 Å². The summed E-state index contributed by atoms with van der Waals surface area (Å²) in [5, 5.41) is 0. The molecule has 0 amide bonds. The summed E-state index contributed by atoms with van der Waals surface area (Å²) in [5.74, 6) is -0.541. The van der Waals surface area contributed by atoms with Crippen LogP contribution in [0.4, 0.5) is 0 Å². The van der Waals surface area contributed by atoms with Crippen LogP contribution in [0.1, 0.15) is 20.3 Å². The minimum atomic E-state index is -3.74. The molecular formula is C19H23NO4S. The first kappa shape index (κ1) is 19.1. The van der Waals surface area contributed by atoms with Crippen molar-refractivity contribution in [2.24, 2.45) is 0 Å². The highest BCUT2D eigenvalue weighted by Crippen LogP contribution is 2.23. The maximum Gasteiger partial charge on any atom is 0.321 e. The topological polar surface area (TPSA) is 63.7 Å². The summed E-state index contributed by atoms with van der Waals surface area (Å²) < 4.78 is 31.7. The summed E-state index contributed by atoms with van der Waals surface area (Å²) >= 11 is 0. The van der Waals surface area contributed by atoms with Crippen LogP contribution >= 0.6 is 0 Å². The third-order valence-electron chi connectivity index (χ3n) is 3.68. The summed E-state index contributed by atoms with van der Waals surface area (Å²) in [7, 11) is -3.74. The number of hydrogen-bond donors (Lipinski definition) is 0. The Morgan fingerprint density at radius 1 is 0.960 bits per heavy atom. The van der Waals surface area contributed by atoms with Gasteiger partial charge in [-0.1, -0.05) is 49.4 Å². The highest BCUT2D eigenvalue weighted by molar-refractivity contribution is 7.89. The second kappa shape index (κ2) is 8.78. The van der Waals surface area contributed by atoms with Gasteiger partial charge in [-0.05, 0) is 36.6 Å². The molecule has 2 aromatic carbocycles. The first-order valence-electron chi connectivity index (χ1n) is 8.30. The molecular weight excluding hydrogens is 338 g/mol. The van der Waals surface area contributed by atoms with Gasteiger partial charge in [0.25, 0.3) is 0 Å². The van der Waals surface area contributed by atoms with Crippen LogP contribution < -0.4 is 0 Å². The van der Waals surface area contributed by atoms with E-state index in [1.54, 1.807) is 31.2 Å². The highest BCUT2D eigenvalue weighted by atomic mass is 32.2. The van der Waals surface area contributed by atoms with Crippen molar-refractivity contribution in [3.63, 3.8) is 0 Å². The Balaban J connectivity index is 2.25. The second-order valence-corrected chi connectivity index (χ2v) is 7.47. The van der Waals surface area contributed by atoms with Gasteiger partial charge in [0.05, 0.1) is 11.5 Å². The van der Waals surface area contributed by atoms with Gasteiger partial charge < -0.3 is 4.74 Å². The van der Waals surface area contributed by atoms with Crippen molar-refractivity contribution < 1.29 is 17.9 Å². The maximum absolute atomic E-state index is 12.8.